The Kier molecular flexibility index (Phi) is 5.13. The van der Waals surface area contributed by atoms with Gasteiger partial charge in [-0.3, -0.25) is 0 Å². The first-order valence-electron chi connectivity index (χ1n) is 10.2. The Balaban J connectivity index is 1.35. The van der Waals surface area contributed by atoms with E-state index in [-0.39, 0.29) is 0 Å². The molecule has 9 nitrogen and oxygen atoms in total. The number of rotatable bonds is 5. The monoisotopic (exact) mass is 419 g/mol. The molecule has 5 rings (SSSR count). The molecule has 0 saturated heterocycles. The van der Waals surface area contributed by atoms with Crippen LogP contribution in [0, 0.1) is 5.82 Å². The Morgan fingerprint density at radius 1 is 0.871 bits per heavy atom. The second kappa shape index (κ2) is 8.23. The molecule has 158 valence electrons. The van der Waals surface area contributed by atoms with Gasteiger partial charge in [-0.1, -0.05) is 0 Å². The topological polar surface area (TPSA) is 119 Å². The zero-order valence-corrected chi connectivity index (χ0v) is 16.7. The van der Waals surface area contributed by atoms with Crippen molar-refractivity contribution >= 4 is 23.2 Å². The fourth-order valence-electron chi connectivity index (χ4n) is 3.71. The van der Waals surface area contributed by atoms with Gasteiger partial charge in [-0.15, -0.1) is 5.10 Å². The van der Waals surface area contributed by atoms with Gasteiger partial charge in [-0.05, 0) is 49.9 Å². The lowest BCUT2D eigenvalue weighted by molar-refractivity contribution is 0.410. The summed E-state index contributed by atoms with van der Waals surface area (Å²) in [5, 5.41) is 11.2. The van der Waals surface area contributed by atoms with E-state index in [0.29, 0.717) is 23.8 Å². The predicted molar refractivity (Wildman–Crippen MR) is 115 cm³/mol. The molecule has 0 aromatic carbocycles. The molecule has 0 bridgehead atoms. The minimum absolute atomic E-state index is 0.310. The summed E-state index contributed by atoms with van der Waals surface area (Å²) in [6, 6.07) is 7.41. The number of hydrogen-bond acceptors (Lipinski definition) is 8. The highest BCUT2D eigenvalue weighted by molar-refractivity contribution is 5.63. The van der Waals surface area contributed by atoms with Crippen molar-refractivity contribution in [3.8, 4) is 11.3 Å². The van der Waals surface area contributed by atoms with Crippen molar-refractivity contribution in [1.82, 2.24) is 29.5 Å². The lowest BCUT2D eigenvalue weighted by atomic mass is 9.92. The van der Waals surface area contributed by atoms with Crippen LogP contribution < -0.4 is 16.4 Å². The van der Waals surface area contributed by atoms with Crippen LogP contribution in [-0.4, -0.2) is 41.6 Å². The van der Waals surface area contributed by atoms with E-state index in [1.807, 2.05) is 12.1 Å². The van der Waals surface area contributed by atoms with Gasteiger partial charge in [0.15, 0.2) is 5.65 Å². The van der Waals surface area contributed by atoms with Crippen molar-refractivity contribution in [2.75, 3.05) is 10.6 Å². The fraction of sp³-hybridized carbons (Fsp3) is 0.286. The molecule has 4 N–H and O–H groups in total. The number of anilines is 3. The van der Waals surface area contributed by atoms with Gasteiger partial charge in [0.2, 0.25) is 5.95 Å². The normalized spacial score (nSPS) is 18.8. The summed E-state index contributed by atoms with van der Waals surface area (Å²) in [5.41, 5.74) is 8.31. The van der Waals surface area contributed by atoms with Gasteiger partial charge in [0.1, 0.15) is 17.5 Å². The lowest BCUT2D eigenvalue weighted by Crippen LogP contribution is -2.33. The zero-order valence-electron chi connectivity index (χ0n) is 16.7. The molecular weight excluding hydrogens is 397 g/mol. The van der Waals surface area contributed by atoms with Crippen molar-refractivity contribution in [2.45, 2.75) is 37.8 Å². The minimum atomic E-state index is -0.400. The molecule has 0 spiro atoms. The molecule has 0 aliphatic heterocycles. The molecule has 31 heavy (non-hydrogen) atoms. The van der Waals surface area contributed by atoms with Crippen LogP contribution in [0.15, 0.2) is 49.1 Å². The van der Waals surface area contributed by atoms with Crippen LogP contribution >= 0.6 is 0 Å². The summed E-state index contributed by atoms with van der Waals surface area (Å²) in [6.45, 7) is 0. The molecule has 0 amide bonds. The molecule has 4 heterocycles. The number of hydrogen-bond donors (Lipinski definition) is 3. The Hall–Kier alpha value is -3.66. The molecule has 1 saturated carbocycles. The van der Waals surface area contributed by atoms with E-state index in [0.717, 1.165) is 54.6 Å². The van der Waals surface area contributed by atoms with Crippen LogP contribution in [0.2, 0.25) is 0 Å². The lowest BCUT2D eigenvalue weighted by Gasteiger charge is -2.27. The summed E-state index contributed by atoms with van der Waals surface area (Å²) in [5.74, 6) is 1.23. The number of pyridine rings is 1. The first kappa shape index (κ1) is 19.3. The predicted octanol–water partition coefficient (Wildman–Crippen LogP) is 3.15. The molecule has 1 aliphatic rings. The van der Waals surface area contributed by atoms with Crippen LogP contribution in [0.5, 0.6) is 0 Å². The van der Waals surface area contributed by atoms with Crippen LogP contribution in [-0.2, 0) is 0 Å². The van der Waals surface area contributed by atoms with E-state index in [1.54, 1.807) is 23.1 Å². The maximum absolute atomic E-state index is 13.0. The number of fused-ring (bicyclic) bond motifs is 1. The summed E-state index contributed by atoms with van der Waals surface area (Å²) in [4.78, 5) is 17.0. The fourth-order valence-corrected chi connectivity index (χ4v) is 3.71. The Morgan fingerprint density at radius 2 is 1.65 bits per heavy atom. The van der Waals surface area contributed by atoms with Crippen LogP contribution in [0.4, 0.5) is 22.0 Å². The molecule has 1 aliphatic carbocycles. The quantitative estimate of drug-likeness (QED) is 0.451. The van der Waals surface area contributed by atoms with E-state index < -0.39 is 5.82 Å². The second-order valence-electron chi connectivity index (χ2n) is 7.67. The van der Waals surface area contributed by atoms with Crippen LogP contribution in [0.25, 0.3) is 16.9 Å². The first-order chi connectivity index (χ1) is 15.1. The molecule has 0 atom stereocenters. The van der Waals surface area contributed by atoms with Gasteiger partial charge < -0.3 is 16.4 Å². The number of nitrogens with one attached hydrogen (secondary N) is 2. The van der Waals surface area contributed by atoms with E-state index in [9.17, 15) is 4.39 Å². The van der Waals surface area contributed by atoms with Gasteiger partial charge in [0, 0.05) is 30.0 Å². The number of aromatic nitrogens is 6. The van der Waals surface area contributed by atoms with Crippen molar-refractivity contribution in [3.63, 3.8) is 0 Å². The molecule has 10 heteroatoms. The van der Waals surface area contributed by atoms with Crippen molar-refractivity contribution in [2.24, 2.45) is 5.73 Å². The third-order valence-corrected chi connectivity index (χ3v) is 5.40. The van der Waals surface area contributed by atoms with E-state index in [4.69, 9.17) is 10.8 Å². The third-order valence-electron chi connectivity index (χ3n) is 5.40. The van der Waals surface area contributed by atoms with E-state index in [2.05, 4.69) is 30.6 Å². The van der Waals surface area contributed by atoms with Gasteiger partial charge >= 0.3 is 0 Å². The number of imidazole rings is 1. The highest BCUT2D eigenvalue weighted by atomic mass is 19.1. The average molecular weight is 419 g/mol. The largest absolute Gasteiger partial charge is 0.366 e. The molecule has 0 radical (unpaired) electrons. The minimum Gasteiger partial charge on any atom is -0.366 e. The maximum Gasteiger partial charge on any atom is 0.228 e. The maximum atomic E-state index is 13.0. The Labute approximate surface area is 178 Å². The molecule has 4 aromatic rings. The van der Waals surface area contributed by atoms with E-state index >= 15 is 0 Å². The summed E-state index contributed by atoms with van der Waals surface area (Å²) >= 11 is 0. The van der Waals surface area contributed by atoms with Crippen molar-refractivity contribution in [1.29, 1.82) is 0 Å². The number of halogens is 1. The van der Waals surface area contributed by atoms with Crippen molar-refractivity contribution in [3.05, 3.63) is 54.9 Å². The molecule has 1 fully saturated rings. The summed E-state index contributed by atoms with van der Waals surface area (Å²) in [7, 11) is 0. The smallest absolute Gasteiger partial charge is 0.228 e. The molecule has 0 unspecified atom stereocenters. The highest BCUT2D eigenvalue weighted by Gasteiger charge is 2.19. The Morgan fingerprint density at radius 3 is 2.39 bits per heavy atom. The average Bonchev–Trinajstić information content (AvgIpc) is 3.21. The Bertz CT molecular complexity index is 1170. The van der Waals surface area contributed by atoms with Crippen LogP contribution in [0.3, 0.4) is 0 Å². The number of nitrogens with zero attached hydrogens (tertiary/aromatic N) is 6. The van der Waals surface area contributed by atoms with Crippen LogP contribution in [0.1, 0.15) is 25.7 Å². The van der Waals surface area contributed by atoms with Gasteiger partial charge in [0.25, 0.3) is 0 Å². The van der Waals surface area contributed by atoms with E-state index in [1.165, 1.54) is 12.1 Å². The van der Waals surface area contributed by atoms with Gasteiger partial charge in [-0.25, -0.2) is 28.8 Å². The molecular formula is C21H22FN9. The first-order valence-corrected chi connectivity index (χ1v) is 10.2. The van der Waals surface area contributed by atoms with Gasteiger partial charge in [-0.2, -0.15) is 0 Å². The zero-order chi connectivity index (χ0) is 21.2. The van der Waals surface area contributed by atoms with Crippen molar-refractivity contribution < 1.29 is 4.39 Å². The SMILES string of the molecule is NC1CCC(Nc2ccc3ncc(-c4cnc(Nc5ccc(F)cn5)nc4)n3n2)CC1. The standard InChI is InChI=1S/C21H22FN9/c22-14-1-6-18(24-11-14)29-21-26-9-13(10-27-21)17-12-25-20-8-7-19(30-31(17)20)28-16-4-2-15(23)3-5-16/h1,6-12,15-16H,2-5,23H2,(H,28,30)(H,24,26,27,29). The summed E-state index contributed by atoms with van der Waals surface area (Å²) < 4.78 is 14.8. The molecule has 4 aromatic heterocycles. The second-order valence-corrected chi connectivity index (χ2v) is 7.67. The highest BCUT2D eigenvalue weighted by Crippen LogP contribution is 2.23. The summed E-state index contributed by atoms with van der Waals surface area (Å²) in [6.07, 6.45) is 10.4. The number of nitrogens with two attached hydrogens (primary N) is 1. The van der Waals surface area contributed by atoms with Gasteiger partial charge in [0.05, 0.1) is 18.1 Å². The third kappa shape index (κ3) is 4.29.